The molecule has 0 radical (unpaired) electrons. The van der Waals surface area contributed by atoms with Gasteiger partial charge in [-0.15, -0.1) is 0 Å². The highest BCUT2D eigenvalue weighted by molar-refractivity contribution is 5.45. The number of fused-ring (bicyclic) bond motifs is 1. The van der Waals surface area contributed by atoms with Crippen LogP contribution in [0.3, 0.4) is 0 Å². The van der Waals surface area contributed by atoms with Gasteiger partial charge in [0.2, 0.25) is 0 Å². The van der Waals surface area contributed by atoms with Gasteiger partial charge in [0.15, 0.2) is 5.82 Å². The van der Waals surface area contributed by atoms with Crippen molar-refractivity contribution in [2.45, 2.75) is 20.4 Å². The number of likely N-dealkylation sites (tertiary alicyclic amines) is 1. The van der Waals surface area contributed by atoms with E-state index < -0.39 is 11.6 Å². The Balaban J connectivity index is 1.26. The maximum atomic E-state index is 13.5. The van der Waals surface area contributed by atoms with Gasteiger partial charge in [0.25, 0.3) is 0 Å². The molecule has 2 aliphatic rings. The average molecular weight is 410 g/mol. The van der Waals surface area contributed by atoms with Gasteiger partial charge in [-0.05, 0) is 49.4 Å². The largest absolute Gasteiger partial charge is 0.356 e. The fraction of sp³-hybridized carbons (Fsp3) is 0.409. The van der Waals surface area contributed by atoms with E-state index in [-0.39, 0.29) is 0 Å². The van der Waals surface area contributed by atoms with Crippen molar-refractivity contribution in [2.24, 2.45) is 11.8 Å². The van der Waals surface area contributed by atoms with Crippen molar-refractivity contribution in [1.82, 2.24) is 24.6 Å². The van der Waals surface area contributed by atoms with E-state index in [1.807, 2.05) is 30.7 Å². The molecular weight excluding hydrogens is 386 g/mol. The molecule has 2 atom stereocenters. The third-order valence-electron chi connectivity index (χ3n) is 6.08. The van der Waals surface area contributed by atoms with Crippen LogP contribution in [-0.4, -0.2) is 50.8 Å². The molecule has 30 heavy (non-hydrogen) atoms. The van der Waals surface area contributed by atoms with Crippen molar-refractivity contribution in [2.75, 3.05) is 31.1 Å². The van der Waals surface area contributed by atoms with Gasteiger partial charge in [-0.25, -0.2) is 23.4 Å². The Morgan fingerprint density at radius 1 is 0.867 bits per heavy atom. The number of anilines is 1. The Bertz CT molecular complexity index is 1050. The predicted octanol–water partition coefficient (Wildman–Crippen LogP) is 3.13. The van der Waals surface area contributed by atoms with Crippen LogP contribution in [0.25, 0.3) is 5.82 Å². The maximum Gasteiger partial charge on any atom is 0.159 e. The van der Waals surface area contributed by atoms with Crippen molar-refractivity contribution in [3.05, 3.63) is 65.2 Å². The van der Waals surface area contributed by atoms with Gasteiger partial charge < -0.3 is 4.90 Å². The second-order valence-electron chi connectivity index (χ2n) is 8.47. The molecule has 1 aromatic carbocycles. The van der Waals surface area contributed by atoms with Gasteiger partial charge >= 0.3 is 0 Å². The van der Waals surface area contributed by atoms with Crippen molar-refractivity contribution >= 4 is 5.82 Å². The zero-order valence-corrected chi connectivity index (χ0v) is 17.1. The van der Waals surface area contributed by atoms with Crippen LogP contribution in [0.2, 0.25) is 0 Å². The quantitative estimate of drug-likeness (QED) is 0.662. The molecule has 0 N–H and O–H groups in total. The summed E-state index contributed by atoms with van der Waals surface area (Å²) >= 11 is 0. The van der Waals surface area contributed by atoms with Crippen LogP contribution >= 0.6 is 0 Å². The van der Waals surface area contributed by atoms with Crippen molar-refractivity contribution in [1.29, 1.82) is 0 Å². The van der Waals surface area contributed by atoms with E-state index in [0.717, 1.165) is 55.3 Å². The zero-order chi connectivity index (χ0) is 20.8. The summed E-state index contributed by atoms with van der Waals surface area (Å²) in [5, 5.41) is 4.52. The Morgan fingerprint density at radius 3 is 2.17 bits per heavy atom. The molecule has 2 aromatic heterocycles. The van der Waals surface area contributed by atoms with E-state index in [1.165, 1.54) is 12.1 Å². The van der Waals surface area contributed by atoms with Crippen LogP contribution in [0.5, 0.6) is 0 Å². The van der Waals surface area contributed by atoms with E-state index in [1.54, 1.807) is 6.33 Å². The lowest BCUT2D eigenvalue weighted by atomic mass is 10.0. The van der Waals surface area contributed by atoms with Crippen LogP contribution in [0.1, 0.15) is 17.0 Å². The molecule has 3 aromatic rings. The summed E-state index contributed by atoms with van der Waals surface area (Å²) in [4.78, 5) is 13.5. The molecule has 2 unspecified atom stereocenters. The Hall–Kier alpha value is -2.87. The number of aryl methyl sites for hydroxylation is 2. The van der Waals surface area contributed by atoms with Crippen LogP contribution in [-0.2, 0) is 6.54 Å². The van der Waals surface area contributed by atoms with Gasteiger partial charge in [0.1, 0.15) is 23.8 Å². The highest BCUT2D eigenvalue weighted by Crippen LogP contribution is 2.34. The van der Waals surface area contributed by atoms with E-state index in [9.17, 15) is 8.78 Å². The third kappa shape index (κ3) is 3.67. The van der Waals surface area contributed by atoms with E-state index >= 15 is 0 Å². The molecule has 8 heteroatoms. The lowest BCUT2D eigenvalue weighted by Crippen LogP contribution is -2.29. The molecule has 2 fully saturated rings. The summed E-state index contributed by atoms with van der Waals surface area (Å²) in [7, 11) is 0. The minimum absolute atomic E-state index is 0.516. The Morgan fingerprint density at radius 2 is 1.53 bits per heavy atom. The average Bonchev–Trinajstić information content (AvgIpc) is 3.33. The zero-order valence-electron chi connectivity index (χ0n) is 17.1. The van der Waals surface area contributed by atoms with Gasteiger partial charge in [-0.1, -0.05) is 0 Å². The summed E-state index contributed by atoms with van der Waals surface area (Å²) in [6.07, 6.45) is 1.60. The van der Waals surface area contributed by atoms with E-state index in [4.69, 9.17) is 0 Å². The second-order valence-corrected chi connectivity index (χ2v) is 8.47. The fourth-order valence-corrected chi connectivity index (χ4v) is 4.85. The van der Waals surface area contributed by atoms with Crippen LogP contribution in [0.15, 0.2) is 36.7 Å². The van der Waals surface area contributed by atoms with Crippen LogP contribution in [0, 0.1) is 37.3 Å². The molecule has 0 amide bonds. The highest BCUT2D eigenvalue weighted by Gasteiger charge is 2.40. The first-order valence-electron chi connectivity index (χ1n) is 10.2. The van der Waals surface area contributed by atoms with E-state index in [2.05, 4.69) is 24.9 Å². The number of hydrogen-bond acceptors (Lipinski definition) is 5. The normalized spacial score (nSPS) is 21.4. The van der Waals surface area contributed by atoms with Crippen molar-refractivity contribution < 1.29 is 8.78 Å². The minimum Gasteiger partial charge on any atom is -0.356 e. The van der Waals surface area contributed by atoms with Crippen LogP contribution < -0.4 is 4.90 Å². The number of halogens is 2. The summed E-state index contributed by atoms with van der Waals surface area (Å²) < 4.78 is 28.8. The highest BCUT2D eigenvalue weighted by atomic mass is 19.1. The second kappa shape index (κ2) is 7.43. The molecule has 4 heterocycles. The first-order chi connectivity index (χ1) is 14.4. The molecule has 5 rings (SSSR count). The van der Waals surface area contributed by atoms with E-state index in [0.29, 0.717) is 23.9 Å². The summed E-state index contributed by atoms with van der Waals surface area (Å²) in [6.45, 7) is 8.26. The molecule has 0 aliphatic carbocycles. The summed E-state index contributed by atoms with van der Waals surface area (Å²) in [5.41, 5.74) is 2.69. The molecule has 2 saturated heterocycles. The monoisotopic (exact) mass is 410 g/mol. The number of rotatable bonds is 4. The van der Waals surface area contributed by atoms with Gasteiger partial charge in [-0.3, -0.25) is 4.90 Å². The standard InChI is InChI=1S/C22H24F2N6/c1-14-3-15(2)30(27-14)22-7-21(25-13-26-22)29-11-17-9-28(10-18(17)12-29)8-16-4-19(23)6-20(24)5-16/h3-7,13,17-18H,8-12H2,1-2H3. The summed E-state index contributed by atoms with van der Waals surface area (Å²) in [5.74, 6) is 1.71. The molecule has 6 nitrogen and oxygen atoms in total. The molecule has 156 valence electrons. The molecule has 2 aliphatic heterocycles. The number of hydrogen-bond donors (Lipinski definition) is 0. The minimum atomic E-state index is -0.516. The fourth-order valence-electron chi connectivity index (χ4n) is 4.85. The predicted molar refractivity (Wildman–Crippen MR) is 109 cm³/mol. The van der Waals surface area contributed by atoms with Crippen molar-refractivity contribution in [3.8, 4) is 5.82 Å². The summed E-state index contributed by atoms with van der Waals surface area (Å²) in [6, 6.07) is 7.78. The number of nitrogens with zero attached hydrogens (tertiary/aromatic N) is 6. The first kappa shape index (κ1) is 19.1. The molecule has 0 spiro atoms. The van der Waals surface area contributed by atoms with Gasteiger partial charge in [0, 0.05) is 50.6 Å². The molecule has 0 saturated carbocycles. The van der Waals surface area contributed by atoms with Gasteiger partial charge in [-0.2, -0.15) is 5.10 Å². The lowest BCUT2D eigenvalue weighted by Gasteiger charge is -2.22. The number of benzene rings is 1. The number of aromatic nitrogens is 4. The topological polar surface area (TPSA) is 50.1 Å². The van der Waals surface area contributed by atoms with Gasteiger partial charge in [0.05, 0.1) is 5.69 Å². The first-order valence-corrected chi connectivity index (χ1v) is 10.2. The Labute approximate surface area is 174 Å². The SMILES string of the molecule is Cc1cc(C)n(-c2cc(N3CC4CN(Cc5cc(F)cc(F)c5)CC4C3)ncn2)n1. The Kier molecular flexibility index (Phi) is 4.73. The third-order valence-corrected chi connectivity index (χ3v) is 6.08. The smallest absolute Gasteiger partial charge is 0.159 e. The van der Waals surface area contributed by atoms with Crippen molar-refractivity contribution in [3.63, 3.8) is 0 Å². The lowest BCUT2D eigenvalue weighted by molar-refractivity contribution is 0.307. The van der Waals surface area contributed by atoms with Crippen LogP contribution in [0.4, 0.5) is 14.6 Å². The molecular formula is C22H24F2N6. The molecule has 0 bridgehead atoms. The maximum absolute atomic E-state index is 13.5.